The fraction of sp³-hybridized carbons (Fsp3) is 0.833. The van der Waals surface area contributed by atoms with Crippen LogP contribution in [0.1, 0.15) is 13.3 Å². The van der Waals surface area contributed by atoms with E-state index >= 15 is 0 Å². The molecule has 0 radical (unpaired) electrons. The smallest absolute Gasteiger partial charge is 0.370 e. The van der Waals surface area contributed by atoms with E-state index in [-0.39, 0.29) is 30.8 Å². The molecular formula is C6H11ClF3N3. The fourth-order valence-electron chi connectivity index (χ4n) is 1.11. The molecule has 3 N–H and O–H groups in total. The molecule has 1 aliphatic heterocycles. The molecule has 0 aromatic heterocycles. The maximum absolute atomic E-state index is 12.1. The standard InChI is InChI=1S/C6H10F3N3.ClH/c1-3-2-4(6(7,8)9)12-5(10)11-3;/h3-4H,2H2,1H3,(H3,10,11,12);1H. The number of halogens is 4. The number of hydrogen-bond acceptors (Lipinski definition) is 3. The lowest BCUT2D eigenvalue weighted by Gasteiger charge is -2.26. The molecule has 1 heterocycles. The van der Waals surface area contributed by atoms with Gasteiger partial charge in [-0.1, -0.05) is 0 Å². The van der Waals surface area contributed by atoms with Gasteiger partial charge in [0, 0.05) is 6.04 Å². The van der Waals surface area contributed by atoms with Gasteiger partial charge in [0.05, 0.1) is 0 Å². The Hall–Kier alpha value is -0.650. The first-order chi connectivity index (χ1) is 5.39. The Balaban J connectivity index is 0.00000144. The fourth-order valence-corrected chi connectivity index (χ4v) is 1.11. The summed E-state index contributed by atoms with van der Waals surface area (Å²) in [5.74, 6) is -0.129. The van der Waals surface area contributed by atoms with E-state index in [1.165, 1.54) is 0 Å². The SMILES string of the molecule is CC1CC(C(F)(F)F)N=C(N)N1.Cl. The number of nitrogens with one attached hydrogen (secondary N) is 1. The van der Waals surface area contributed by atoms with Crippen molar-refractivity contribution in [3.05, 3.63) is 0 Å². The summed E-state index contributed by atoms with van der Waals surface area (Å²) < 4.78 is 36.3. The summed E-state index contributed by atoms with van der Waals surface area (Å²) in [7, 11) is 0. The maximum atomic E-state index is 12.1. The largest absolute Gasteiger partial charge is 0.410 e. The Morgan fingerprint density at radius 1 is 1.54 bits per heavy atom. The molecule has 2 unspecified atom stereocenters. The third kappa shape index (κ3) is 3.30. The zero-order valence-electron chi connectivity index (χ0n) is 6.93. The van der Waals surface area contributed by atoms with Crippen molar-refractivity contribution in [1.82, 2.24) is 5.32 Å². The molecule has 0 spiro atoms. The molecule has 0 aliphatic carbocycles. The first-order valence-electron chi connectivity index (χ1n) is 3.56. The molecule has 78 valence electrons. The van der Waals surface area contributed by atoms with Gasteiger partial charge in [-0.15, -0.1) is 12.4 Å². The monoisotopic (exact) mass is 217 g/mol. The highest BCUT2D eigenvalue weighted by Crippen LogP contribution is 2.27. The molecule has 1 aliphatic rings. The van der Waals surface area contributed by atoms with Crippen LogP contribution in [0.25, 0.3) is 0 Å². The lowest BCUT2D eigenvalue weighted by molar-refractivity contribution is -0.150. The van der Waals surface area contributed by atoms with Crippen molar-refractivity contribution in [1.29, 1.82) is 0 Å². The lowest BCUT2D eigenvalue weighted by Crippen LogP contribution is -2.48. The van der Waals surface area contributed by atoms with Crippen LogP contribution in [0.3, 0.4) is 0 Å². The minimum atomic E-state index is -4.28. The van der Waals surface area contributed by atoms with Gasteiger partial charge in [-0.25, -0.2) is 4.99 Å². The summed E-state index contributed by atoms with van der Waals surface area (Å²) >= 11 is 0. The van der Waals surface area contributed by atoms with Gasteiger partial charge in [-0.05, 0) is 13.3 Å². The molecule has 0 saturated carbocycles. The molecule has 0 saturated heterocycles. The number of hydrogen-bond donors (Lipinski definition) is 2. The minimum absolute atomic E-state index is 0. The van der Waals surface area contributed by atoms with E-state index < -0.39 is 12.2 Å². The van der Waals surface area contributed by atoms with Crippen molar-refractivity contribution >= 4 is 18.4 Å². The average molecular weight is 218 g/mol. The zero-order chi connectivity index (χ0) is 9.35. The van der Waals surface area contributed by atoms with Crippen molar-refractivity contribution in [3.8, 4) is 0 Å². The Kier molecular flexibility index (Phi) is 3.84. The van der Waals surface area contributed by atoms with Gasteiger partial charge in [0.25, 0.3) is 0 Å². The molecule has 0 bridgehead atoms. The minimum Gasteiger partial charge on any atom is -0.370 e. The summed E-state index contributed by atoms with van der Waals surface area (Å²) in [5.41, 5.74) is 5.15. The van der Waals surface area contributed by atoms with E-state index in [1.807, 2.05) is 0 Å². The normalized spacial score (nSPS) is 28.5. The molecule has 0 fully saturated rings. The van der Waals surface area contributed by atoms with Crippen molar-refractivity contribution in [2.24, 2.45) is 10.7 Å². The van der Waals surface area contributed by atoms with Crippen LogP contribution in [0.15, 0.2) is 4.99 Å². The summed E-state index contributed by atoms with van der Waals surface area (Å²) in [4.78, 5) is 3.26. The van der Waals surface area contributed by atoms with Crippen LogP contribution in [0.4, 0.5) is 13.2 Å². The van der Waals surface area contributed by atoms with Crippen molar-refractivity contribution in [2.75, 3.05) is 0 Å². The van der Waals surface area contributed by atoms with E-state index in [0.717, 1.165) is 0 Å². The van der Waals surface area contributed by atoms with Crippen LogP contribution in [0, 0.1) is 0 Å². The van der Waals surface area contributed by atoms with Crippen LogP contribution in [-0.4, -0.2) is 24.2 Å². The number of rotatable bonds is 0. The van der Waals surface area contributed by atoms with Gasteiger partial charge in [-0.3, -0.25) is 0 Å². The van der Waals surface area contributed by atoms with E-state index in [9.17, 15) is 13.2 Å². The highest BCUT2D eigenvalue weighted by atomic mass is 35.5. The van der Waals surface area contributed by atoms with Crippen LogP contribution in [-0.2, 0) is 0 Å². The molecule has 0 amide bonds. The molecule has 0 aromatic carbocycles. The number of aliphatic imine (C=N–C) groups is 1. The molecule has 7 heteroatoms. The average Bonchev–Trinajstić information content (AvgIpc) is 1.82. The van der Waals surface area contributed by atoms with Gasteiger partial charge < -0.3 is 11.1 Å². The number of nitrogens with zero attached hydrogens (tertiary/aromatic N) is 1. The first-order valence-corrected chi connectivity index (χ1v) is 3.56. The Bertz CT molecular complexity index is 204. The van der Waals surface area contributed by atoms with E-state index in [0.29, 0.717) is 0 Å². The molecule has 0 aromatic rings. The van der Waals surface area contributed by atoms with Crippen molar-refractivity contribution in [3.63, 3.8) is 0 Å². The van der Waals surface area contributed by atoms with Crippen molar-refractivity contribution < 1.29 is 13.2 Å². The Morgan fingerprint density at radius 3 is 2.46 bits per heavy atom. The molecule has 13 heavy (non-hydrogen) atoms. The molecule has 3 nitrogen and oxygen atoms in total. The van der Waals surface area contributed by atoms with Gasteiger partial charge in [-0.2, -0.15) is 13.2 Å². The van der Waals surface area contributed by atoms with Crippen LogP contribution >= 0.6 is 12.4 Å². The summed E-state index contributed by atoms with van der Waals surface area (Å²) in [5, 5.41) is 2.61. The number of nitrogens with two attached hydrogens (primary N) is 1. The highest BCUT2D eigenvalue weighted by molar-refractivity contribution is 5.85. The van der Waals surface area contributed by atoms with Crippen molar-refractivity contribution in [2.45, 2.75) is 31.6 Å². The summed E-state index contributed by atoms with van der Waals surface area (Å²) in [6.07, 6.45) is -4.33. The molecular weight excluding hydrogens is 207 g/mol. The van der Waals surface area contributed by atoms with E-state index in [1.54, 1.807) is 6.92 Å². The van der Waals surface area contributed by atoms with Gasteiger partial charge in [0.15, 0.2) is 12.0 Å². The Morgan fingerprint density at radius 2 is 2.08 bits per heavy atom. The summed E-state index contributed by atoms with van der Waals surface area (Å²) in [6.45, 7) is 1.64. The summed E-state index contributed by atoms with van der Waals surface area (Å²) in [6, 6.07) is -1.91. The molecule has 1 rings (SSSR count). The number of guanidine groups is 1. The third-order valence-electron chi connectivity index (χ3n) is 1.64. The lowest BCUT2D eigenvalue weighted by atomic mass is 10.1. The van der Waals surface area contributed by atoms with E-state index in [2.05, 4.69) is 10.3 Å². The topological polar surface area (TPSA) is 50.4 Å². The second-order valence-corrected chi connectivity index (χ2v) is 2.85. The third-order valence-corrected chi connectivity index (χ3v) is 1.64. The van der Waals surface area contributed by atoms with Gasteiger partial charge >= 0.3 is 6.18 Å². The zero-order valence-corrected chi connectivity index (χ0v) is 7.75. The maximum Gasteiger partial charge on any atom is 0.410 e. The highest BCUT2D eigenvalue weighted by Gasteiger charge is 2.42. The number of alkyl halides is 3. The van der Waals surface area contributed by atoms with Gasteiger partial charge in [0.2, 0.25) is 0 Å². The predicted octanol–water partition coefficient (Wildman–Crippen LogP) is 1.04. The van der Waals surface area contributed by atoms with Crippen LogP contribution < -0.4 is 11.1 Å². The quantitative estimate of drug-likeness (QED) is 0.637. The second kappa shape index (κ2) is 4.04. The Labute approximate surface area is 80.0 Å². The predicted molar refractivity (Wildman–Crippen MR) is 45.9 cm³/mol. The van der Waals surface area contributed by atoms with Crippen LogP contribution in [0.2, 0.25) is 0 Å². The van der Waals surface area contributed by atoms with E-state index in [4.69, 9.17) is 5.73 Å². The molecule has 2 atom stereocenters. The van der Waals surface area contributed by atoms with Crippen LogP contribution in [0.5, 0.6) is 0 Å². The van der Waals surface area contributed by atoms with Gasteiger partial charge in [0.1, 0.15) is 0 Å². The first kappa shape index (κ1) is 12.3. The second-order valence-electron chi connectivity index (χ2n) is 2.85.